The molecular weight excluding hydrogens is 270 g/mol. The summed E-state index contributed by atoms with van der Waals surface area (Å²) >= 11 is 0. The number of benzene rings is 2. The Hall–Kier alpha value is -1.90. The lowest BCUT2D eigenvalue weighted by Gasteiger charge is -2.22. The molecule has 2 aromatic carbocycles. The summed E-state index contributed by atoms with van der Waals surface area (Å²) in [6, 6.07) is 12.4. The van der Waals surface area contributed by atoms with E-state index in [9.17, 15) is 8.78 Å². The van der Waals surface area contributed by atoms with Crippen molar-refractivity contribution in [3.8, 4) is 5.75 Å². The van der Waals surface area contributed by atoms with Crippen LogP contribution in [0.2, 0.25) is 0 Å². The largest absolute Gasteiger partial charge is 0.497 e. The predicted octanol–water partition coefficient (Wildman–Crippen LogP) is 5.13. The highest BCUT2D eigenvalue weighted by Crippen LogP contribution is 2.37. The second-order valence-electron chi connectivity index (χ2n) is 6.13. The van der Waals surface area contributed by atoms with Gasteiger partial charge in [-0.3, -0.25) is 0 Å². The van der Waals surface area contributed by atoms with E-state index in [0.717, 1.165) is 5.56 Å². The highest BCUT2D eigenvalue weighted by Gasteiger charge is 2.34. The first-order valence-corrected chi connectivity index (χ1v) is 6.88. The zero-order valence-electron chi connectivity index (χ0n) is 12.8. The van der Waals surface area contributed by atoms with Crippen LogP contribution in [0.15, 0.2) is 48.5 Å². The molecule has 1 nitrogen and oxygen atoms in total. The normalized spacial score (nSPS) is 12.3. The number of hydrogen-bond donors (Lipinski definition) is 0. The van der Waals surface area contributed by atoms with Gasteiger partial charge in [0.15, 0.2) is 0 Å². The minimum atomic E-state index is -3.01. The third-order valence-corrected chi connectivity index (χ3v) is 3.57. The maximum Gasteiger partial charge on any atom is 0.298 e. The summed E-state index contributed by atoms with van der Waals surface area (Å²) < 4.78 is 34.0. The molecule has 2 rings (SSSR count). The molecule has 0 saturated heterocycles. The van der Waals surface area contributed by atoms with Gasteiger partial charge in [-0.1, -0.05) is 45.0 Å². The molecule has 0 fully saturated rings. The van der Waals surface area contributed by atoms with E-state index in [4.69, 9.17) is 4.74 Å². The summed E-state index contributed by atoms with van der Waals surface area (Å²) in [6.07, 6.45) is 0. The van der Waals surface area contributed by atoms with Crippen LogP contribution in [0.5, 0.6) is 5.75 Å². The molecule has 0 aliphatic rings. The maximum atomic E-state index is 14.5. The molecule has 0 radical (unpaired) electrons. The van der Waals surface area contributed by atoms with Crippen LogP contribution in [0.4, 0.5) is 8.78 Å². The Labute approximate surface area is 124 Å². The first-order chi connectivity index (χ1) is 9.75. The molecule has 3 heteroatoms. The minimum Gasteiger partial charge on any atom is -0.497 e. The number of rotatable bonds is 3. The van der Waals surface area contributed by atoms with E-state index < -0.39 is 5.92 Å². The molecule has 0 bridgehead atoms. The maximum absolute atomic E-state index is 14.5. The first-order valence-electron chi connectivity index (χ1n) is 6.88. The van der Waals surface area contributed by atoms with Crippen LogP contribution in [0, 0.1) is 0 Å². The van der Waals surface area contributed by atoms with Gasteiger partial charge in [0.25, 0.3) is 5.92 Å². The molecule has 0 N–H and O–H groups in total. The highest BCUT2D eigenvalue weighted by molar-refractivity contribution is 5.38. The number of halogens is 2. The zero-order chi connectivity index (χ0) is 15.7. The van der Waals surface area contributed by atoms with Crippen molar-refractivity contribution in [2.24, 2.45) is 0 Å². The second kappa shape index (κ2) is 5.47. The van der Waals surface area contributed by atoms with Crippen molar-refractivity contribution < 1.29 is 13.5 Å². The Balaban J connectivity index is 2.34. The Morgan fingerprint density at radius 3 is 1.48 bits per heavy atom. The van der Waals surface area contributed by atoms with Crippen LogP contribution in [0.25, 0.3) is 0 Å². The highest BCUT2D eigenvalue weighted by atomic mass is 19.3. The molecule has 0 spiro atoms. The fraction of sp³-hybridized carbons (Fsp3) is 0.333. The third-order valence-electron chi connectivity index (χ3n) is 3.57. The van der Waals surface area contributed by atoms with E-state index in [2.05, 4.69) is 20.8 Å². The van der Waals surface area contributed by atoms with Crippen molar-refractivity contribution in [1.82, 2.24) is 0 Å². The molecule has 0 aliphatic heterocycles. The van der Waals surface area contributed by atoms with Crippen molar-refractivity contribution in [3.05, 3.63) is 65.2 Å². The number of hydrogen-bond acceptors (Lipinski definition) is 1. The molecule has 0 heterocycles. The lowest BCUT2D eigenvalue weighted by molar-refractivity contribution is 0.0427. The average molecular weight is 290 g/mol. The summed E-state index contributed by atoms with van der Waals surface area (Å²) in [5, 5.41) is 0. The number of ether oxygens (including phenoxy) is 1. The second-order valence-corrected chi connectivity index (χ2v) is 6.13. The zero-order valence-corrected chi connectivity index (χ0v) is 12.8. The van der Waals surface area contributed by atoms with Crippen LogP contribution < -0.4 is 4.74 Å². The molecule has 0 aromatic heterocycles. The van der Waals surface area contributed by atoms with E-state index in [0.29, 0.717) is 5.75 Å². The summed E-state index contributed by atoms with van der Waals surface area (Å²) in [7, 11) is 1.51. The molecule has 0 unspecified atom stereocenters. The molecular formula is C18H20F2O. The van der Waals surface area contributed by atoms with Crippen LogP contribution in [0.1, 0.15) is 37.5 Å². The molecule has 112 valence electrons. The van der Waals surface area contributed by atoms with Gasteiger partial charge in [-0.05, 0) is 35.2 Å². The van der Waals surface area contributed by atoms with E-state index >= 15 is 0 Å². The number of alkyl halides is 2. The lowest BCUT2D eigenvalue weighted by atomic mass is 9.86. The molecule has 21 heavy (non-hydrogen) atoms. The van der Waals surface area contributed by atoms with Gasteiger partial charge in [0.1, 0.15) is 5.75 Å². The smallest absolute Gasteiger partial charge is 0.298 e. The van der Waals surface area contributed by atoms with E-state index in [1.165, 1.54) is 31.4 Å². The van der Waals surface area contributed by atoms with E-state index in [1.807, 2.05) is 0 Å². The molecule has 2 aromatic rings. The van der Waals surface area contributed by atoms with Gasteiger partial charge in [0.05, 0.1) is 7.11 Å². The Kier molecular flexibility index (Phi) is 4.04. The number of methoxy groups -OCH3 is 1. The molecule has 0 saturated carbocycles. The Morgan fingerprint density at radius 1 is 0.714 bits per heavy atom. The van der Waals surface area contributed by atoms with E-state index in [1.54, 1.807) is 24.3 Å². The third kappa shape index (κ3) is 3.23. The first kappa shape index (κ1) is 15.5. The average Bonchev–Trinajstić information content (AvgIpc) is 2.46. The topological polar surface area (TPSA) is 9.23 Å². The Bertz CT molecular complexity index is 593. The van der Waals surface area contributed by atoms with Gasteiger partial charge >= 0.3 is 0 Å². The van der Waals surface area contributed by atoms with Gasteiger partial charge in [0, 0.05) is 11.1 Å². The van der Waals surface area contributed by atoms with Crippen LogP contribution >= 0.6 is 0 Å². The standard InChI is InChI=1S/C18H20F2O/c1-17(2,3)13-5-7-14(8-6-13)18(19,20)15-9-11-16(21-4)12-10-15/h5-12H,1-4H3. The summed E-state index contributed by atoms with van der Waals surface area (Å²) in [4.78, 5) is 0. The van der Waals surface area contributed by atoms with Crippen LogP contribution in [-0.2, 0) is 11.3 Å². The Morgan fingerprint density at radius 2 is 1.10 bits per heavy atom. The van der Waals surface area contributed by atoms with Gasteiger partial charge in [-0.25, -0.2) is 0 Å². The van der Waals surface area contributed by atoms with Gasteiger partial charge in [0.2, 0.25) is 0 Å². The van der Waals surface area contributed by atoms with Crippen LogP contribution in [0.3, 0.4) is 0 Å². The van der Waals surface area contributed by atoms with Crippen molar-refractivity contribution in [3.63, 3.8) is 0 Å². The SMILES string of the molecule is COc1ccc(C(F)(F)c2ccc(C(C)(C)C)cc2)cc1. The van der Waals surface area contributed by atoms with Crippen LogP contribution in [-0.4, -0.2) is 7.11 Å². The van der Waals surface area contributed by atoms with Crippen molar-refractivity contribution in [2.45, 2.75) is 32.1 Å². The van der Waals surface area contributed by atoms with E-state index in [-0.39, 0.29) is 16.5 Å². The molecule has 0 amide bonds. The van der Waals surface area contributed by atoms with Crippen molar-refractivity contribution in [1.29, 1.82) is 0 Å². The quantitative estimate of drug-likeness (QED) is 0.761. The van der Waals surface area contributed by atoms with Crippen molar-refractivity contribution in [2.75, 3.05) is 7.11 Å². The fourth-order valence-corrected chi connectivity index (χ4v) is 2.15. The fourth-order valence-electron chi connectivity index (χ4n) is 2.15. The summed E-state index contributed by atoms with van der Waals surface area (Å²) in [5.41, 5.74) is 0.956. The van der Waals surface area contributed by atoms with Gasteiger partial charge in [-0.2, -0.15) is 8.78 Å². The van der Waals surface area contributed by atoms with Gasteiger partial charge in [-0.15, -0.1) is 0 Å². The molecule has 0 aliphatic carbocycles. The van der Waals surface area contributed by atoms with Gasteiger partial charge < -0.3 is 4.74 Å². The lowest BCUT2D eigenvalue weighted by Crippen LogP contribution is -2.16. The predicted molar refractivity (Wildman–Crippen MR) is 81.1 cm³/mol. The van der Waals surface area contributed by atoms with Crippen molar-refractivity contribution >= 4 is 0 Å². The summed E-state index contributed by atoms with van der Waals surface area (Å²) in [6.45, 7) is 6.18. The monoisotopic (exact) mass is 290 g/mol. The molecule has 0 atom stereocenters. The summed E-state index contributed by atoms with van der Waals surface area (Å²) in [5.74, 6) is -2.44. The minimum absolute atomic E-state index is 0.000617.